The summed E-state index contributed by atoms with van der Waals surface area (Å²) < 4.78 is 5.58. The predicted octanol–water partition coefficient (Wildman–Crippen LogP) is 1.49. The van der Waals surface area contributed by atoms with E-state index in [1.165, 1.54) is 19.4 Å². The number of nitrogens with zero attached hydrogens (tertiary/aromatic N) is 1. The van der Waals surface area contributed by atoms with Crippen LogP contribution in [0.1, 0.15) is 39.5 Å². The van der Waals surface area contributed by atoms with Crippen LogP contribution in [0.5, 0.6) is 0 Å². The number of hydrogen-bond donors (Lipinski definition) is 2. The van der Waals surface area contributed by atoms with Crippen LogP contribution in [0.15, 0.2) is 0 Å². The van der Waals surface area contributed by atoms with Gasteiger partial charge < -0.3 is 20.1 Å². The van der Waals surface area contributed by atoms with Gasteiger partial charge in [0.15, 0.2) is 0 Å². The molecule has 0 spiro atoms. The van der Waals surface area contributed by atoms with E-state index in [9.17, 15) is 5.11 Å². The molecule has 1 unspecified atom stereocenters. The van der Waals surface area contributed by atoms with Crippen molar-refractivity contribution in [3.8, 4) is 0 Å². The summed E-state index contributed by atoms with van der Waals surface area (Å²) in [5, 5.41) is 13.0. The minimum absolute atomic E-state index is 0.344. The van der Waals surface area contributed by atoms with E-state index in [-0.39, 0.29) is 0 Å². The summed E-state index contributed by atoms with van der Waals surface area (Å²) in [6.07, 6.45) is 4.74. The van der Waals surface area contributed by atoms with Crippen molar-refractivity contribution in [2.24, 2.45) is 11.3 Å². The number of aliphatic hydroxyl groups is 1. The Balaban J connectivity index is 1.92. The molecule has 0 bridgehead atoms. The zero-order chi connectivity index (χ0) is 14.4. The monoisotopic (exact) mass is 284 g/mol. The summed E-state index contributed by atoms with van der Waals surface area (Å²) in [5.41, 5.74) is 0.361. The summed E-state index contributed by atoms with van der Waals surface area (Å²) in [5.74, 6) is 0.485. The lowest BCUT2D eigenvalue weighted by atomic mass is 9.78. The first-order valence-electron chi connectivity index (χ1n) is 8.28. The van der Waals surface area contributed by atoms with Gasteiger partial charge in [0, 0.05) is 45.5 Å². The Labute approximate surface area is 123 Å². The van der Waals surface area contributed by atoms with Crippen LogP contribution in [0.3, 0.4) is 0 Å². The largest absolute Gasteiger partial charge is 0.396 e. The van der Waals surface area contributed by atoms with Crippen LogP contribution in [0.4, 0.5) is 0 Å². The molecule has 2 N–H and O–H groups in total. The average molecular weight is 284 g/mol. The van der Waals surface area contributed by atoms with Gasteiger partial charge in [0.1, 0.15) is 0 Å². The third-order valence-corrected chi connectivity index (χ3v) is 4.86. The SMILES string of the molecule is CC(C)NCC1(CN2CCCC(CO)C2)CCOCC1. The molecule has 4 nitrogen and oxygen atoms in total. The van der Waals surface area contributed by atoms with Crippen LogP contribution in [0, 0.1) is 11.3 Å². The number of hydrogen-bond acceptors (Lipinski definition) is 4. The minimum Gasteiger partial charge on any atom is -0.396 e. The van der Waals surface area contributed by atoms with E-state index < -0.39 is 0 Å². The second kappa shape index (κ2) is 7.74. The molecule has 4 heteroatoms. The van der Waals surface area contributed by atoms with E-state index in [0.717, 1.165) is 45.7 Å². The minimum atomic E-state index is 0.344. The summed E-state index contributed by atoms with van der Waals surface area (Å²) in [6.45, 7) is 11.1. The van der Waals surface area contributed by atoms with Gasteiger partial charge in [-0.2, -0.15) is 0 Å². The van der Waals surface area contributed by atoms with Gasteiger partial charge in [0.2, 0.25) is 0 Å². The molecule has 20 heavy (non-hydrogen) atoms. The van der Waals surface area contributed by atoms with Crippen molar-refractivity contribution in [3.05, 3.63) is 0 Å². The van der Waals surface area contributed by atoms with Crippen LogP contribution >= 0.6 is 0 Å². The molecule has 0 radical (unpaired) electrons. The zero-order valence-electron chi connectivity index (χ0n) is 13.2. The lowest BCUT2D eigenvalue weighted by Crippen LogP contribution is -2.50. The molecule has 2 heterocycles. The van der Waals surface area contributed by atoms with Crippen molar-refractivity contribution in [2.75, 3.05) is 46.0 Å². The molecule has 0 saturated carbocycles. The first-order valence-corrected chi connectivity index (χ1v) is 8.28. The molecule has 0 aromatic heterocycles. The third-order valence-electron chi connectivity index (χ3n) is 4.86. The highest BCUT2D eigenvalue weighted by atomic mass is 16.5. The molecular weight excluding hydrogens is 252 g/mol. The maximum atomic E-state index is 9.40. The summed E-state index contributed by atoms with van der Waals surface area (Å²) in [7, 11) is 0. The Hall–Kier alpha value is -0.160. The molecule has 2 fully saturated rings. The number of ether oxygens (including phenoxy) is 1. The molecule has 0 aliphatic carbocycles. The van der Waals surface area contributed by atoms with Gasteiger partial charge in [-0.25, -0.2) is 0 Å². The normalized spacial score (nSPS) is 27.9. The van der Waals surface area contributed by atoms with Gasteiger partial charge in [0.05, 0.1) is 0 Å². The predicted molar refractivity (Wildman–Crippen MR) is 81.9 cm³/mol. The number of aliphatic hydroxyl groups excluding tert-OH is 1. The molecule has 2 aliphatic rings. The zero-order valence-corrected chi connectivity index (χ0v) is 13.2. The lowest BCUT2D eigenvalue weighted by Gasteiger charge is -2.43. The highest BCUT2D eigenvalue weighted by Gasteiger charge is 2.35. The van der Waals surface area contributed by atoms with Crippen LogP contribution in [-0.4, -0.2) is 62.0 Å². The Kier molecular flexibility index (Phi) is 6.27. The van der Waals surface area contributed by atoms with E-state index >= 15 is 0 Å². The smallest absolute Gasteiger partial charge is 0.0472 e. The van der Waals surface area contributed by atoms with E-state index in [0.29, 0.717) is 24.0 Å². The molecule has 0 aromatic carbocycles. The maximum Gasteiger partial charge on any atom is 0.0472 e. The molecular formula is C16H32N2O2. The van der Waals surface area contributed by atoms with Gasteiger partial charge in [0.25, 0.3) is 0 Å². The molecule has 0 aromatic rings. The van der Waals surface area contributed by atoms with Crippen molar-refractivity contribution in [3.63, 3.8) is 0 Å². The average Bonchev–Trinajstić information content (AvgIpc) is 2.46. The second-order valence-corrected chi connectivity index (χ2v) is 7.07. The molecule has 2 rings (SSSR count). The molecule has 2 saturated heterocycles. The van der Waals surface area contributed by atoms with Gasteiger partial charge in [-0.1, -0.05) is 13.8 Å². The second-order valence-electron chi connectivity index (χ2n) is 7.07. The van der Waals surface area contributed by atoms with E-state index in [2.05, 4.69) is 24.1 Å². The highest BCUT2D eigenvalue weighted by molar-refractivity contribution is 4.89. The van der Waals surface area contributed by atoms with Gasteiger partial charge in [-0.15, -0.1) is 0 Å². The van der Waals surface area contributed by atoms with Crippen molar-refractivity contribution in [1.82, 2.24) is 10.2 Å². The first kappa shape index (κ1) is 16.2. The number of piperidine rings is 1. The fourth-order valence-corrected chi connectivity index (χ4v) is 3.53. The topological polar surface area (TPSA) is 44.7 Å². The molecule has 118 valence electrons. The lowest BCUT2D eigenvalue weighted by molar-refractivity contribution is -0.0144. The van der Waals surface area contributed by atoms with Crippen LogP contribution in [0.25, 0.3) is 0 Å². The summed E-state index contributed by atoms with van der Waals surface area (Å²) >= 11 is 0. The fourth-order valence-electron chi connectivity index (χ4n) is 3.53. The number of nitrogens with one attached hydrogen (secondary N) is 1. The van der Waals surface area contributed by atoms with Crippen molar-refractivity contribution >= 4 is 0 Å². The van der Waals surface area contributed by atoms with Crippen molar-refractivity contribution in [2.45, 2.75) is 45.6 Å². The quantitative estimate of drug-likeness (QED) is 0.775. The Bertz CT molecular complexity index is 278. The number of likely N-dealkylation sites (tertiary alicyclic amines) is 1. The Morgan fingerprint density at radius 1 is 1.35 bits per heavy atom. The molecule has 1 atom stereocenters. The fraction of sp³-hybridized carbons (Fsp3) is 1.00. The molecule has 0 amide bonds. The highest BCUT2D eigenvalue weighted by Crippen LogP contribution is 2.32. The van der Waals surface area contributed by atoms with Crippen LogP contribution < -0.4 is 5.32 Å². The van der Waals surface area contributed by atoms with E-state index in [4.69, 9.17) is 4.74 Å². The van der Waals surface area contributed by atoms with E-state index in [1.54, 1.807) is 0 Å². The Morgan fingerprint density at radius 3 is 2.75 bits per heavy atom. The van der Waals surface area contributed by atoms with Crippen LogP contribution in [-0.2, 0) is 4.74 Å². The Morgan fingerprint density at radius 2 is 2.10 bits per heavy atom. The maximum absolute atomic E-state index is 9.40. The van der Waals surface area contributed by atoms with Crippen LogP contribution in [0.2, 0.25) is 0 Å². The van der Waals surface area contributed by atoms with Gasteiger partial charge in [-0.05, 0) is 43.6 Å². The van der Waals surface area contributed by atoms with Crippen molar-refractivity contribution in [1.29, 1.82) is 0 Å². The van der Waals surface area contributed by atoms with E-state index in [1.807, 2.05) is 0 Å². The standard InChI is InChI=1S/C16H32N2O2/c1-14(2)17-12-16(5-8-20-9-6-16)13-18-7-3-4-15(10-18)11-19/h14-15,17,19H,3-13H2,1-2H3. The van der Waals surface area contributed by atoms with Gasteiger partial charge >= 0.3 is 0 Å². The van der Waals surface area contributed by atoms with Gasteiger partial charge in [-0.3, -0.25) is 0 Å². The number of rotatable bonds is 6. The molecule has 2 aliphatic heterocycles. The van der Waals surface area contributed by atoms with Crippen molar-refractivity contribution < 1.29 is 9.84 Å². The third kappa shape index (κ3) is 4.69. The summed E-state index contributed by atoms with van der Waals surface area (Å²) in [4.78, 5) is 2.58. The summed E-state index contributed by atoms with van der Waals surface area (Å²) in [6, 6.07) is 0.543. The first-order chi connectivity index (χ1) is 9.63.